The Morgan fingerprint density at radius 2 is 2.05 bits per heavy atom. The number of nitrogens with one attached hydrogen (secondary N) is 1. The fourth-order valence-electron chi connectivity index (χ4n) is 2.35. The second-order valence-corrected chi connectivity index (χ2v) is 5.90. The monoisotopic (exact) mass is 336 g/mol. The predicted molar refractivity (Wildman–Crippen MR) is 89.4 cm³/mol. The third kappa shape index (κ3) is 2.98. The van der Waals surface area contributed by atoms with E-state index in [1.807, 2.05) is 19.1 Å². The smallest absolute Gasteiger partial charge is 0.326 e. The minimum absolute atomic E-state index is 0.106. The molecule has 1 aliphatic rings. The first kappa shape index (κ1) is 15.0. The molecule has 1 aliphatic heterocycles. The number of amides is 2. The number of hydrogen-bond acceptors (Lipinski definition) is 2. The van der Waals surface area contributed by atoms with Crippen molar-refractivity contribution in [1.82, 2.24) is 0 Å². The van der Waals surface area contributed by atoms with Gasteiger partial charge < -0.3 is 10.1 Å². The van der Waals surface area contributed by atoms with E-state index in [2.05, 4.69) is 5.32 Å². The van der Waals surface area contributed by atoms with E-state index in [1.165, 1.54) is 0 Å². The second-order valence-electron chi connectivity index (χ2n) is 5.06. The number of rotatable bonds is 1. The molecule has 2 aromatic rings. The van der Waals surface area contributed by atoms with Gasteiger partial charge in [0.1, 0.15) is 11.9 Å². The summed E-state index contributed by atoms with van der Waals surface area (Å²) in [5.74, 6) is 0.637. The predicted octanol–water partition coefficient (Wildman–Crippen LogP) is 4.81. The molecular formula is C16H14Cl2N2O2. The number of urea groups is 1. The molecular weight excluding hydrogens is 323 g/mol. The largest absolute Gasteiger partial charge is 0.487 e. The average Bonchev–Trinajstić information content (AvgIpc) is 2.49. The van der Waals surface area contributed by atoms with Crippen molar-refractivity contribution in [2.24, 2.45) is 0 Å². The van der Waals surface area contributed by atoms with Crippen LogP contribution in [-0.4, -0.2) is 18.7 Å². The minimum atomic E-state index is -0.272. The van der Waals surface area contributed by atoms with Crippen LogP contribution in [0.3, 0.4) is 0 Å². The lowest BCUT2D eigenvalue weighted by Crippen LogP contribution is -2.44. The first-order valence-electron chi connectivity index (χ1n) is 6.84. The van der Waals surface area contributed by atoms with Crippen LogP contribution in [0, 0.1) is 0 Å². The number of halogens is 2. The van der Waals surface area contributed by atoms with E-state index in [4.69, 9.17) is 27.9 Å². The normalized spacial score (nSPS) is 16.7. The molecule has 0 saturated carbocycles. The van der Waals surface area contributed by atoms with E-state index in [-0.39, 0.29) is 12.1 Å². The molecule has 114 valence electrons. The van der Waals surface area contributed by atoms with E-state index in [0.717, 1.165) is 0 Å². The number of hydrogen-bond donors (Lipinski definition) is 1. The number of anilines is 2. The fourth-order valence-corrected chi connectivity index (χ4v) is 2.70. The van der Waals surface area contributed by atoms with Gasteiger partial charge in [0.15, 0.2) is 0 Å². The highest BCUT2D eigenvalue weighted by Crippen LogP contribution is 2.36. The lowest BCUT2D eigenvalue weighted by Gasteiger charge is -2.33. The summed E-state index contributed by atoms with van der Waals surface area (Å²) in [6, 6.07) is 12.1. The summed E-state index contributed by atoms with van der Waals surface area (Å²) in [6.45, 7) is 2.34. The van der Waals surface area contributed by atoms with Crippen LogP contribution in [0.1, 0.15) is 6.92 Å². The number of nitrogens with zero attached hydrogens (tertiary/aromatic N) is 1. The van der Waals surface area contributed by atoms with Crippen molar-refractivity contribution >= 4 is 40.6 Å². The Hall–Kier alpha value is -1.91. The van der Waals surface area contributed by atoms with Crippen molar-refractivity contribution in [2.75, 3.05) is 16.8 Å². The Bertz CT molecular complexity index is 721. The highest BCUT2D eigenvalue weighted by molar-refractivity contribution is 6.34. The van der Waals surface area contributed by atoms with E-state index < -0.39 is 0 Å². The summed E-state index contributed by atoms with van der Waals surface area (Å²) < 4.78 is 5.73. The molecule has 22 heavy (non-hydrogen) atoms. The van der Waals surface area contributed by atoms with Crippen molar-refractivity contribution in [3.8, 4) is 5.75 Å². The number of carbonyl (C=O) groups excluding carboxylic acids is 1. The molecule has 1 atom stereocenters. The highest BCUT2D eigenvalue weighted by atomic mass is 35.5. The number of carbonyl (C=O) groups is 1. The number of fused-ring (bicyclic) bond motifs is 1. The topological polar surface area (TPSA) is 41.6 Å². The minimum Gasteiger partial charge on any atom is -0.487 e. The number of ether oxygens (including phenoxy) is 1. The van der Waals surface area contributed by atoms with Gasteiger partial charge >= 0.3 is 6.03 Å². The van der Waals surface area contributed by atoms with Gasteiger partial charge in [0, 0.05) is 5.02 Å². The summed E-state index contributed by atoms with van der Waals surface area (Å²) in [6.07, 6.45) is -0.106. The summed E-state index contributed by atoms with van der Waals surface area (Å²) in [7, 11) is 0. The van der Waals surface area contributed by atoms with Crippen molar-refractivity contribution in [2.45, 2.75) is 13.0 Å². The molecule has 4 nitrogen and oxygen atoms in total. The van der Waals surface area contributed by atoms with Gasteiger partial charge in [0.05, 0.1) is 22.9 Å². The molecule has 0 radical (unpaired) electrons. The van der Waals surface area contributed by atoms with Crippen molar-refractivity contribution in [3.05, 3.63) is 52.5 Å². The lowest BCUT2D eigenvalue weighted by molar-refractivity contribution is 0.208. The maximum Gasteiger partial charge on any atom is 0.326 e. The van der Waals surface area contributed by atoms with Crippen molar-refractivity contribution in [1.29, 1.82) is 0 Å². The van der Waals surface area contributed by atoms with E-state index in [9.17, 15) is 4.79 Å². The van der Waals surface area contributed by atoms with Crippen LogP contribution in [0.5, 0.6) is 5.75 Å². The third-order valence-electron chi connectivity index (χ3n) is 3.34. The summed E-state index contributed by atoms with van der Waals surface area (Å²) in [5, 5.41) is 3.86. The number of benzene rings is 2. The Kier molecular flexibility index (Phi) is 4.14. The zero-order chi connectivity index (χ0) is 15.7. The molecule has 0 bridgehead atoms. The Morgan fingerprint density at radius 1 is 1.27 bits per heavy atom. The Labute approximate surface area is 138 Å². The van der Waals surface area contributed by atoms with E-state index in [0.29, 0.717) is 33.7 Å². The van der Waals surface area contributed by atoms with Crippen molar-refractivity contribution < 1.29 is 9.53 Å². The fraction of sp³-hybridized carbons (Fsp3) is 0.188. The van der Waals surface area contributed by atoms with Gasteiger partial charge in [-0.05, 0) is 37.3 Å². The van der Waals surface area contributed by atoms with Gasteiger partial charge in [-0.2, -0.15) is 0 Å². The zero-order valence-electron chi connectivity index (χ0n) is 11.8. The molecule has 2 aromatic carbocycles. The maximum absolute atomic E-state index is 12.6. The van der Waals surface area contributed by atoms with Gasteiger partial charge in [0.2, 0.25) is 0 Å². The molecule has 1 N–H and O–H groups in total. The average molecular weight is 337 g/mol. The van der Waals surface area contributed by atoms with Gasteiger partial charge in [-0.25, -0.2) is 4.79 Å². The van der Waals surface area contributed by atoms with E-state index >= 15 is 0 Å². The van der Waals surface area contributed by atoms with E-state index in [1.54, 1.807) is 35.2 Å². The number of para-hydroxylation sites is 1. The summed E-state index contributed by atoms with van der Waals surface area (Å²) >= 11 is 12.1. The van der Waals surface area contributed by atoms with Crippen LogP contribution >= 0.6 is 23.2 Å². The SMILES string of the molecule is C[C@@H]1CN(C(=O)Nc2ccccc2Cl)c2cc(Cl)ccc2O1. The summed E-state index contributed by atoms with van der Waals surface area (Å²) in [4.78, 5) is 14.2. The molecule has 6 heteroatoms. The van der Waals surface area contributed by atoms with Gasteiger partial charge in [-0.1, -0.05) is 35.3 Å². The van der Waals surface area contributed by atoms with Gasteiger partial charge in [-0.3, -0.25) is 4.90 Å². The first-order chi connectivity index (χ1) is 10.5. The van der Waals surface area contributed by atoms with Crippen LogP contribution in [0.4, 0.5) is 16.2 Å². The molecule has 1 heterocycles. The Morgan fingerprint density at radius 3 is 2.82 bits per heavy atom. The molecule has 0 fully saturated rings. The van der Waals surface area contributed by atoms with Crippen LogP contribution in [0.15, 0.2) is 42.5 Å². The third-order valence-corrected chi connectivity index (χ3v) is 3.90. The molecule has 0 spiro atoms. The molecule has 0 aliphatic carbocycles. The Balaban J connectivity index is 1.90. The molecule has 0 aromatic heterocycles. The second kappa shape index (κ2) is 6.07. The standard InChI is InChI=1S/C16H14Cl2N2O2/c1-10-9-20(14-8-11(17)6-7-15(14)22-10)16(21)19-13-5-3-2-4-12(13)18/h2-8,10H,9H2,1H3,(H,19,21)/t10-/m1/s1. The quantitative estimate of drug-likeness (QED) is 0.811. The highest BCUT2D eigenvalue weighted by Gasteiger charge is 2.28. The van der Waals surface area contributed by atoms with Crippen molar-refractivity contribution in [3.63, 3.8) is 0 Å². The first-order valence-corrected chi connectivity index (χ1v) is 7.59. The summed E-state index contributed by atoms with van der Waals surface area (Å²) in [5.41, 5.74) is 1.21. The van der Waals surface area contributed by atoms with Crippen LogP contribution in [-0.2, 0) is 0 Å². The van der Waals surface area contributed by atoms with Gasteiger partial charge in [0.25, 0.3) is 0 Å². The molecule has 0 saturated heterocycles. The molecule has 3 rings (SSSR count). The van der Waals surface area contributed by atoms with Gasteiger partial charge in [-0.15, -0.1) is 0 Å². The van der Waals surface area contributed by atoms with Crippen LogP contribution in [0.25, 0.3) is 0 Å². The maximum atomic E-state index is 12.6. The zero-order valence-corrected chi connectivity index (χ0v) is 13.4. The lowest BCUT2D eigenvalue weighted by atomic mass is 10.2. The van der Waals surface area contributed by atoms with Crippen LogP contribution in [0.2, 0.25) is 10.0 Å². The van der Waals surface area contributed by atoms with Crippen LogP contribution < -0.4 is 15.0 Å². The molecule has 0 unspecified atom stereocenters. The molecule has 2 amide bonds.